The number of hydrogen-bond acceptors (Lipinski definition) is 3. The summed E-state index contributed by atoms with van der Waals surface area (Å²) in [7, 11) is 0. The van der Waals surface area contributed by atoms with Crippen LogP contribution < -0.4 is 5.63 Å². The topological polar surface area (TPSA) is 50.4 Å². The number of hydrogen-bond donors (Lipinski definition) is 1. The summed E-state index contributed by atoms with van der Waals surface area (Å²) >= 11 is 3.50. The minimum Gasteiger partial charge on any atom is -0.507 e. The molecule has 0 amide bonds. The van der Waals surface area contributed by atoms with E-state index >= 15 is 0 Å². The second kappa shape index (κ2) is 8.86. The fourth-order valence-electron chi connectivity index (χ4n) is 5.41. The molecule has 6 rings (SSSR count). The zero-order valence-corrected chi connectivity index (χ0v) is 20.5. The number of rotatable bonds is 3. The summed E-state index contributed by atoms with van der Waals surface area (Å²) in [6.45, 7) is 0. The molecule has 1 heterocycles. The van der Waals surface area contributed by atoms with E-state index in [2.05, 4.69) is 70.5 Å². The fraction of sp³-hybridized carbons (Fsp3) is 0.129. The first kappa shape index (κ1) is 21.9. The van der Waals surface area contributed by atoms with Gasteiger partial charge >= 0.3 is 5.63 Å². The molecule has 0 saturated carbocycles. The van der Waals surface area contributed by atoms with Crippen molar-refractivity contribution >= 4 is 26.9 Å². The van der Waals surface area contributed by atoms with E-state index in [1.54, 1.807) is 18.2 Å². The Morgan fingerprint density at radius 3 is 2.23 bits per heavy atom. The van der Waals surface area contributed by atoms with Crippen molar-refractivity contribution in [2.45, 2.75) is 24.7 Å². The molecule has 35 heavy (non-hydrogen) atoms. The number of para-hydroxylation sites is 1. The maximum atomic E-state index is 13.0. The average Bonchev–Trinajstić information content (AvgIpc) is 2.89. The van der Waals surface area contributed by atoms with Crippen LogP contribution in [0.5, 0.6) is 5.75 Å². The molecule has 3 nitrogen and oxygen atoms in total. The monoisotopic (exact) mass is 522 g/mol. The Hall–Kier alpha value is -3.63. The van der Waals surface area contributed by atoms with Gasteiger partial charge in [-0.25, -0.2) is 4.79 Å². The van der Waals surface area contributed by atoms with Gasteiger partial charge in [0.2, 0.25) is 0 Å². The fourth-order valence-corrected chi connectivity index (χ4v) is 5.68. The van der Waals surface area contributed by atoms with Crippen LogP contribution in [0.3, 0.4) is 0 Å². The van der Waals surface area contributed by atoms with Crippen LogP contribution in [0.25, 0.3) is 22.1 Å². The molecule has 0 aliphatic heterocycles. The Labute approximate surface area is 211 Å². The minimum atomic E-state index is -0.449. The summed E-state index contributed by atoms with van der Waals surface area (Å²) in [5, 5.41) is 11.7. The maximum absolute atomic E-state index is 13.0. The highest BCUT2D eigenvalue weighted by Crippen LogP contribution is 2.45. The third-order valence-electron chi connectivity index (χ3n) is 7.14. The summed E-state index contributed by atoms with van der Waals surface area (Å²) < 4.78 is 6.67. The van der Waals surface area contributed by atoms with E-state index < -0.39 is 5.63 Å². The van der Waals surface area contributed by atoms with E-state index in [0.717, 1.165) is 16.5 Å². The average molecular weight is 523 g/mol. The molecule has 0 spiro atoms. The van der Waals surface area contributed by atoms with Gasteiger partial charge in [-0.05, 0) is 70.8 Å². The van der Waals surface area contributed by atoms with Gasteiger partial charge in [-0.3, -0.25) is 0 Å². The summed E-state index contributed by atoms with van der Waals surface area (Å²) in [6.07, 6.45) is 1.42. The third kappa shape index (κ3) is 3.98. The molecule has 1 aliphatic carbocycles. The van der Waals surface area contributed by atoms with E-state index in [-0.39, 0.29) is 17.6 Å². The molecule has 1 aliphatic rings. The molecule has 1 N–H and O–H groups in total. The van der Waals surface area contributed by atoms with Crippen LogP contribution in [-0.4, -0.2) is 5.11 Å². The molecule has 0 saturated heterocycles. The smallest absolute Gasteiger partial charge is 0.343 e. The number of fused-ring (bicyclic) bond motifs is 2. The largest absolute Gasteiger partial charge is 0.507 e. The van der Waals surface area contributed by atoms with Gasteiger partial charge in [-0.15, -0.1) is 0 Å². The molecule has 0 bridgehead atoms. The van der Waals surface area contributed by atoms with Crippen LogP contribution in [0, 0.1) is 0 Å². The van der Waals surface area contributed by atoms with Crippen LogP contribution in [0.1, 0.15) is 40.5 Å². The van der Waals surface area contributed by atoms with Gasteiger partial charge < -0.3 is 9.52 Å². The highest BCUT2D eigenvalue weighted by molar-refractivity contribution is 9.10. The number of benzene rings is 4. The van der Waals surface area contributed by atoms with Crippen molar-refractivity contribution in [3.8, 4) is 16.9 Å². The lowest BCUT2D eigenvalue weighted by Crippen LogP contribution is -2.23. The first-order chi connectivity index (χ1) is 17.1. The lowest BCUT2D eigenvalue weighted by atomic mass is 9.72. The molecule has 2 atom stereocenters. The van der Waals surface area contributed by atoms with Crippen molar-refractivity contribution in [2.75, 3.05) is 0 Å². The normalized spacial score (nSPS) is 17.3. The molecule has 5 aromatic rings. The van der Waals surface area contributed by atoms with Crippen molar-refractivity contribution < 1.29 is 9.52 Å². The second-order valence-electron chi connectivity index (χ2n) is 9.17. The second-order valence-corrected chi connectivity index (χ2v) is 10.1. The molecule has 0 fully saturated rings. The number of halogens is 1. The van der Waals surface area contributed by atoms with E-state index in [1.807, 2.05) is 24.3 Å². The van der Waals surface area contributed by atoms with Gasteiger partial charge in [0.25, 0.3) is 0 Å². The Morgan fingerprint density at radius 1 is 0.800 bits per heavy atom. The zero-order valence-electron chi connectivity index (χ0n) is 18.9. The van der Waals surface area contributed by atoms with Crippen LogP contribution in [0.15, 0.2) is 111 Å². The van der Waals surface area contributed by atoms with Gasteiger partial charge in [0.05, 0.1) is 10.9 Å². The van der Waals surface area contributed by atoms with Gasteiger partial charge in [0, 0.05) is 10.4 Å². The van der Waals surface area contributed by atoms with E-state index in [1.165, 1.54) is 22.3 Å². The molecule has 1 unspecified atom stereocenters. The lowest BCUT2D eigenvalue weighted by Gasteiger charge is -2.32. The Balaban J connectivity index is 1.41. The Kier molecular flexibility index (Phi) is 5.54. The van der Waals surface area contributed by atoms with Crippen LogP contribution in [-0.2, 0) is 6.42 Å². The summed E-state index contributed by atoms with van der Waals surface area (Å²) in [4.78, 5) is 13.0. The van der Waals surface area contributed by atoms with Gasteiger partial charge in [0.1, 0.15) is 11.3 Å². The SMILES string of the molecule is O=c1oc2ccccc2c(O)c1[C@@H]1Cc2ccccc2C(c2ccc(-c3ccc(Br)cc3)cc2)C1. The molecule has 4 heteroatoms. The Morgan fingerprint density at radius 2 is 1.46 bits per heavy atom. The van der Waals surface area contributed by atoms with E-state index in [9.17, 15) is 9.90 Å². The Bertz CT molecular complexity index is 1580. The maximum Gasteiger partial charge on any atom is 0.343 e. The molecular formula is C31H23BrO3. The van der Waals surface area contributed by atoms with Crippen LogP contribution in [0.2, 0.25) is 0 Å². The molecular weight excluding hydrogens is 500 g/mol. The van der Waals surface area contributed by atoms with Crippen molar-refractivity contribution in [2.24, 2.45) is 0 Å². The van der Waals surface area contributed by atoms with Crippen LogP contribution >= 0.6 is 15.9 Å². The predicted molar refractivity (Wildman–Crippen MR) is 143 cm³/mol. The van der Waals surface area contributed by atoms with Crippen LogP contribution in [0.4, 0.5) is 0 Å². The summed E-state index contributed by atoms with van der Waals surface area (Å²) in [6, 6.07) is 32.6. The van der Waals surface area contributed by atoms with Crippen molar-refractivity contribution in [1.29, 1.82) is 0 Å². The standard InChI is InChI=1S/C31H23BrO3/c32-24-15-13-20(14-16-24)19-9-11-21(12-10-19)27-18-23(17-22-5-1-2-6-25(22)27)29-30(33)26-7-3-4-8-28(26)35-31(29)34/h1-16,23,27,33H,17-18H2/t23-,27?/m1/s1. The van der Waals surface area contributed by atoms with Gasteiger partial charge in [0.15, 0.2) is 0 Å². The molecule has 172 valence electrons. The quantitative estimate of drug-likeness (QED) is 0.246. The lowest BCUT2D eigenvalue weighted by molar-refractivity contribution is 0.429. The third-order valence-corrected chi connectivity index (χ3v) is 7.66. The first-order valence-electron chi connectivity index (χ1n) is 11.8. The number of aromatic hydroxyl groups is 1. The summed E-state index contributed by atoms with van der Waals surface area (Å²) in [5.41, 5.74) is 6.37. The zero-order chi connectivity index (χ0) is 23.9. The molecule has 1 aromatic heterocycles. The van der Waals surface area contributed by atoms with Crippen molar-refractivity contribution in [3.63, 3.8) is 0 Å². The highest BCUT2D eigenvalue weighted by Gasteiger charge is 2.33. The predicted octanol–water partition coefficient (Wildman–Crippen LogP) is 7.79. The summed E-state index contributed by atoms with van der Waals surface area (Å²) in [5.74, 6) is 0.0293. The molecule has 4 aromatic carbocycles. The van der Waals surface area contributed by atoms with Gasteiger partial charge in [-0.1, -0.05) is 88.7 Å². The highest BCUT2D eigenvalue weighted by atomic mass is 79.9. The van der Waals surface area contributed by atoms with E-state index in [4.69, 9.17) is 4.42 Å². The van der Waals surface area contributed by atoms with Crippen molar-refractivity contribution in [1.82, 2.24) is 0 Å². The first-order valence-corrected chi connectivity index (χ1v) is 12.6. The minimum absolute atomic E-state index is 0.0468. The molecule has 0 radical (unpaired) electrons. The van der Waals surface area contributed by atoms with E-state index in [0.29, 0.717) is 23.0 Å². The van der Waals surface area contributed by atoms with Gasteiger partial charge in [-0.2, -0.15) is 0 Å². The van der Waals surface area contributed by atoms with Crippen molar-refractivity contribution in [3.05, 3.63) is 134 Å².